The zero-order chi connectivity index (χ0) is 17.1. The van der Waals surface area contributed by atoms with E-state index in [1.807, 2.05) is 30.9 Å². The Morgan fingerprint density at radius 3 is 2.50 bits per heavy atom. The number of β-amino-alcohol motifs (C(OH)–C–C–N with tert-alkyl or cyclic N) is 1. The SMILES string of the molecule is CCOc1cc2c(cc1OCC)CN(C(=O)[C@H]1C[C@@H](O)CN1)CC2. The predicted octanol–water partition coefficient (Wildman–Crippen LogP) is 1.09. The number of nitrogens with one attached hydrogen (secondary N) is 1. The molecule has 1 aromatic rings. The lowest BCUT2D eigenvalue weighted by Crippen LogP contribution is -2.45. The van der Waals surface area contributed by atoms with Gasteiger partial charge in [-0.1, -0.05) is 0 Å². The van der Waals surface area contributed by atoms with Gasteiger partial charge < -0.3 is 24.8 Å². The van der Waals surface area contributed by atoms with Crippen molar-refractivity contribution in [2.24, 2.45) is 0 Å². The van der Waals surface area contributed by atoms with Crippen LogP contribution in [0.4, 0.5) is 0 Å². The topological polar surface area (TPSA) is 71.0 Å². The molecule has 2 N–H and O–H groups in total. The average Bonchev–Trinajstić information content (AvgIpc) is 3.01. The fourth-order valence-electron chi connectivity index (χ4n) is 3.41. The van der Waals surface area contributed by atoms with Gasteiger partial charge in [0, 0.05) is 19.6 Å². The van der Waals surface area contributed by atoms with Gasteiger partial charge in [-0.3, -0.25) is 4.79 Å². The number of hydrogen-bond acceptors (Lipinski definition) is 5. The summed E-state index contributed by atoms with van der Waals surface area (Å²) in [5, 5.41) is 12.7. The Morgan fingerprint density at radius 2 is 1.92 bits per heavy atom. The van der Waals surface area contributed by atoms with Crippen LogP contribution in [-0.2, 0) is 17.8 Å². The second-order valence-corrected chi connectivity index (χ2v) is 6.29. The van der Waals surface area contributed by atoms with E-state index in [9.17, 15) is 9.90 Å². The van der Waals surface area contributed by atoms with E-state index < -0.39 is 6.10 Å². The highest BCUT2D eigenvalue weighted by Crippen LogP contribution is 2.34. The summed E-state index contributed by atoms with van der Waals surface area (Å²) in [6, 6.07) is 3.78. The summed E-state index contributed by atoms with van der Waals surface area (Å²) in [5.74, 6) is 1.59. The third-order valence-corrected chi connectivity index (χ3v) is 4.60. The van der Waals surface area contributed by atoms with Gasteiger partial charge in [0.05, 0.1) is 25.4 Å². The van der Waals surface area contributed by atoms with E-state index in [1.54, 1.807) is 0 Å². The quantitative estimate of drug-likeness (QED) is 0.843. The number of nitrogens with zero attached hydrogens (tertiary/aromatic N) is 1. The Hall–Kier alpha value is -1.79. The summed E-state index contributed by atoms with van der Waals surface area (Å²) in [5.41, 5.74) is 2.32. The molecule has 1 saturated heterocycles. The van der Waals surface area contributed by atoms with E-state index in [0.29, 0.717) is 39.3 Å². The summed E-state index contributed by atoms with van der Waals surface area (Å²) >= 11 is 0. The highest BCUT2D eigenvalue weighted by molar-refractivity contribution is 5.82. The molecular formula is C18H26N2O4. The van der Waals surface area contributed by atoms with Gasteiger partial charge in [-0.05, 0) is 49.9 Å². The molecular weight excluding hydrogens is 308 g/mol. The van der Waals surface area contributed by atoms with Gasteiger partial charge in [-0.25, -0.2) is 0 Å². The molecule has 3 rings (SSSR count). The van der Waals surface area contributed by atoms with E-state index in [-0.39, 0.29) is 11.9 Å². The molecule has 1 amide bonds. The zero-order valence-corrected chi connectivity index (χ0v) is 14.4. The number of hydrogen-bond donors (Lipinski definition) is 2. The molecule has 0 bridgehead atoms. The Bertz CT molecular complexity index is 605. The molecule has 1 aromatic carbocycles. The molecule has 6 nitrogen and oxygen atoms in total. The summed E-state index contributed by atoms with van der Waals surface area (Å²) in [6.45, 7) is 6.84. The summed E-state index contributed by atoms with van der Waals surface area (Å²) < 4.78 is 11.4. The molecule has 0 aliphatic carbocycles. The molecule has 132 valence electrons. The maximum Gasteiger partial charge on any atom is 0.240 e. The predicted molar refractivity (Wildman–Crippen MR) is 90.3 cm³/mol. The number of carbonyl (C=O) groups excluding carboxylic acids is 1. The summed E-state index contributed by atoms with van der Waals surface area (Å²) in [6.07, 6.45) is 0.882. The number of aliphatic hydroxyl groups excluding tert-OH is 1. The molecule has 0 spiro atoms. The highest BCUT2D eigenvalue weighted by atomic mass is 16.5. The first-order chi connectivity index (χ1) is 11.6. The summed E-state index contributed by atoms with van der Waals surface area (Å²) in [4.78, 5) is 14.5. The fraction of sp³-hybridized carbons (Fsp3) is 0.611. The molecule has 2 heterocycles. The average molecular weight is 334 g/mol. The number of rotatable bonds is 5. The van der Waals surface area contributed by atoms with Crippen LogP contribution in [0.25, 0.3) is 0 Å². The Kier molecular flexibility index (Phi) is 5.26. The molecule has 0 aromatic heterocycles. The van der Waals surface area contributed by atoms with Crippen molar-refractivity contribution in [3.63, 3.8) is 0 Å². The Balaban J connectivity index is 1.77. The lowest BCUT2D eigenvalue weighted by atomic mass is 9.98. The van der Waals surface area contributed by atoms with E-state index in [1.165, 1.54) is 5.56 Å². The fourth-order valence-corrected chi connectivity index (χ4v) is 3.41. The van der Waals surface area contributed by atoms with Crippen molar-refractivity contribution in [3.05, 3.63) is 23.3 Å². The first-order valence-corrected chi connectivity index (χ1v) is 8.74. The van der Waals surface area contributed by atoms with Crippen molar-refractivity contribution in [1.82, 2.24) is 10.2 Å². The lowest BCUT2D eigenvalue weighted by Gasteiger charge is -2.31. The van der Waals surface area contributed by atoms with Crippen LogP contribution in [0.1, 0.15) is 31.4 Å². The van der Waals surface area contributed by atoms with Crippen LogP contribution in [0.3, 0.4) is 0 Å². The number of amides is 1. The lowest BCUT2D eigenvalue weighted by molar-refractivity contribution is -0.134. The van der Waals surface area contributed by atoms with Gasteiger partial charge in [0.1, 0.15) is 0 Å². The largest absolute Gasteiger partial charge is 0.490 e. The van der Waals surface area contributed by atoms with Crippen molar-refractivity contribution in [2.45, 2.75) is 45.4 Å². The minimum Gasteiger partial charge on any atom is -0.490 e. The minimum atomic E-state index is -0.422. The monoisotopic (exact) mass is 334 g/mol. The van der Waals surface area contributed by atoms with Crippen molar-refractivity contribution in [2.75, 3.05) is 26.3 Å². The van der Waals surface area contributed by atoms with Crippen LogP contribution in [-0.4, -0.2) is 54.4 Å². The highest BCUT2D eigenvalue weighted by Gasteiger charge is 2.33. The van der Waals surface area contributed by atoms with E-state index in [4.69, 9.17) is 9.47 Å². The molecule has 2 aliphatic rings. The van der Waals surface area contributed by atoms with Gasteiger partial charge in [0.2, 0.25) is 5.91 Å². The van der Waals surface area contributed by atoms with Gasteiger partial charge in [-0.2, -0.15) is 0 Å². The van der Waals surface area contributed by atoms with Crippen LogP contribution in [0.2, 0.25) is 0 Å². The van der Waals surface area contributed by atoms with E-state index >= 15 is 0 Å². The maximum absolute atomic E-state index is 12.6. The standard InChI is InChI=1S/C18H26N2O4/c1-3-23-16-7-12-5-6-20(11-13(12)8-17(16)24-4-2)18(22)15-9-14(21)10-19-15/h7-8,14-15,19,21H,3-6,9-11H2,1-2H3/t14-,15-/m1/s1. The van der Waals surface area contributed by atoms with Gasteiger partial charge in [0.15, 0.2) is 11.5 Å². The Labute approximate surface area is 142 Å². The van der Waals surface area contributed by atoms with Crippen LogP contribution >= 0.6 is 0 Å². The van der Waals surface area contributed by atoms with E-state index in [0.717, 1.165) is 23.5 Å². The minimum absolute atomic E-state index is 0.0732. The van der Waals surface area contributed by atoms with Crippen molar-refractivity contribution < 1.29 is 19.4 Å². The number of fused-ring (bicyclic) bond motifs is 1. The van der Waals surface area contributed by atoms with Crippen LogP contribution in [0.5, 0.6) is 11.5 Å². The first kappa shape index (κ1) is 17.0. The van der Waals surface area contributed by atoms with Crippen LogP contribution < -0.4 is 14.8 Å². The zero-order valence-electron chi connectivity index (χ0n) is 14.4. The number of benzene rings is 1. The normalized spacial score (nSPS) is 23.0. The number of ether oxygens (including phenoxy) is 2. The van der Waals surface area contributed by atoms with Gasteiger partial charge >= 0.3 is 0 Å². The van der Waals surface area contributed by atoms with Gasteiger partial charge in [-0.15, -0.1) is 0 Å². The number of aliphatic hydroxyl groups is 1. The van der Waals surface area contributed by atoms with Crippen molar-refractivity contribution in [1.29, 1.82) is 0 Å². The smallest absolute Gasteiger partial charge is 0.240 e. The molecule has 6 heteroatoms. The molecule has 0 saturated carbocycles. The molecule has 2 atom stereocenters. The third-order valence-electron chi connectivity index (χ3n) is 4.60. The van der Waals surface area contributed by atoms with Crippen LogP contribution in [0.15, 0.2) is 12.1 Å². The van der Waals surface area contributed by atoms with E-state index in [2.05, 4.69) is 5.32 Å². The molecule has 0 unspecified atom stereocenters. The molecule has 0 radical (unpaired) electrons. The number of carbonyl (C=O) groups is 1. The van der Waals surface area contributed by atoms with Gasteiger partial charge in [0.25, 0.3) is 0 Å². The Morgan fingerprint density at radius 1 is 1.25 bits per heavy atom. The van der Waals surface area contributed by atoms with Crippen molar-refractivity contribution >= 4 is 5.91 Å². The summed E-state index contributed by atoms with van der Waals surface area (Å²) in [7, 11) is 0. The van der Waals surface area contributed by atoms with Crippen LogP contribution in [0, 0.1) is 0 Å². The second kappa shape index (κ2) is 7.40. The maximum atomic E-state index is 12.6. The molecule has 1 fully saturated rings. The van der Waals surface area contributed by atoms with Crippen molar-refractivity contribution in [3.8, 4) is 11.5 Å². The first-order valence-electron chi connectivity index (χ1n) is 8.74. The molecule has 24 heavy (non-hydrogen) atoms. The second-order valence-electron chi connectivity index (χ2n) is 6.29. The third kappa shape index (κ3) is 3.49. The molecule has 2 aliphatic heterocycles.